The van der Waals surface area contributed by atoms with Crippen LogP contribution in [0.5, 0.6) is 0 Å². The van der Waals surface area contributed by atoms with E-state index in [2.05, 4.69) is 38.4 Å². The Hall–Kier alpha value is -0.460. The van der Waals surface area contributed by atoms with E-state index >= 15 is 0 Å². The zero-order valence-corrected chi connectivity index (χ0v) is 25.7. The molecule has 0 unspecified atom stereocenters. The minimum Gasteiger partial charge on any atom is -0.388 e. The summed E-state index contributed by atoms with van der Waals surface area (Å²) in [6, 6.07) is 0.703. The van der Waals surface area contributed by atoms with Crippen molar-refractivity contribution >= 4 is 0 Å². The molecule has 0 aromatic carbocycles. The molecule has 0 heterocycles. The van der Waals surface area contributed by atoms with Crippen LogP contribution in [0, 0.1) is 0 Å². The zero-order chi connectivity index (χ0) is 26.2. The highest BCUT2D eigenvalue weighted by molar-refractivity contribution is 4.83. The molecule has 0 rings (SSSR count). The normalized spacial score (nSPS) is 11.8. The molecular weight excluding hydrogens is 434 g/mol. The molecule has 0 aliphatic carbocycles. The van der Waals surface area contributed by atoms with Crippen molar-refractivity contribution < 1.29 is 0 Å². The second-order valence-corrected chi connectivity index (χ2v) is 11.8. The van der Waals surface area contributed by atoms with Crippen molar-refractivity contribution in [1.82, 2.24) is 5.32 Å². The molecule has 0 radical (unpaired) electrons. The van der Waals surface area contributed by atoms with Crippen molar-refractivity contribution in [3.05, 3.63) is 12.3 Å². The molecule has 0 aromatic rings. The summed E-state index contributed by atoms with van der Waals surface area (Å²) in [5.41, 5.74) is 0. The Kier molecular flexibility index (Phi) is 32.2. The van der Waals surface area contributed by atoms with E-state index in [9.17, 15) is 0 Å². The summed E-state index contributed by atoms with van der Waals surface area (Å²) >= 11 is 0. The molecule has 0 saturated carbocycles. The maximum atomic E-state index is 3.81. The summed E-state index contributed by atoms with van der Waals surface area (Å²) in [6.45, 7) is 6.93. The highest BCUT2D eigenvalue weighted by Crippen LogP contribution is 2.16. The Balaban J connectivity index is 3.90. The fraction of sp³-hybridized carbons (Fsp3) is 0.943. The number of unbranched alkanes of at least 4 members (excludes halogenated alkanes) is 24. The van der Waals surface area contributed by atoms with Gasteiger partial charge in [-0.15, -0.1) is 0 Å². The smallest absolute Gasteiger partial charge is 0.0255 e. The standard InChI is InChI=1S/C35H71N/c1-4-7-10-13-16-19-20-21-22-25-28-31-34-36-35(32-29-26-23-17-14-11-8-5-2)33-30-27-24-18-15-12-9-6-3/h31,34-36H,4-30,32-33H2,1-3H3. The molecule has 0 amide bonds. The second kappa shape index (κ2) is 32.6. The van der Waals surface area contributed by atoms with E-state index in [0.717, 1.165) is 0 Å². The fourth-order valence-electron chi connectivity index (χ4n) is 5.40. The summed E-state index contributed by atoms with van der Waals surface area (Å²) in [7, 11) is 0. The van der Waals surface area contributed by atoms with Gasteiger partial charge in [-0.3, -0.25) is 0 Å². The van der Waals surface area contributed by atoms with Crippen molar-refractivity contribution in [2.24, 2.45) is 0 Å². The van der Waals surface area contributed by atoms with Crippen LogP contribution < -0.4 is 5.32 Å². The fourth-order valence-corrected chi connectivity index (χ4v) is 5.40. The molecule has 36 heavy (non-hydrogen) atoms. The average Bonchev–Trinajstić information content (AvgIpc) is 2.89. The van der Waals surface area contributed by atoms with Crippen LogP contribution in [0.1, 0.15) is 207 Å². The quantitative estimate of drug-likeness (QED) is 0.0923. The lowest BCUT2D eigenvalue weighted by Crippen LogP contribution is -2.24. The third-order valence-electron chi connectivity index (χ3n) is 7.99. The van der Waals surface area contributed by atoms with Crippen LogP contribution in [0.25, 0.3) is 0 Å². The van der Waals surface area contributed by atoms with E-state index in [0.29, 0.717) is 6.04 Å². The monoisotopic (exact) mass is 506 g/mol. The van der Waals surface area contributed by atoms with E-state index in [-0.39, 0.29) is 0 Å². The maximum Gasteiger partial charge on any atom is 0.0255 e. The van der Waals surface area contributed by atoms with Gasteiger partial charge in [0.1, 0.15) is 0 Å². The lowest BCUT2D eigenvalue weighted by molar-refractivity contribution is 0.444. The van der Waals surface area contributed by atoms with Gasteiger partial charge < -0.3 is 5.32 Å². The Bertz CT molecular complexity index is 381. The van der Waals surface area contributed by atoms with Gasteiger partial charge in [-0.1, -0.05) is 187 Å². The number of allylic oxidation sites excluding steroid dienone is 1. The topological polar surface area (TPSA) is 12.0 Å². The van der Waals surface area contributed by atoms with Gasteiger partial charge in [-0.2, -0.15) is 0 Å². The first-order valence-electron chi connectivity index (χ1n) is 17.3. The summed E-state index contributed by atoms with van der Waals surface area (Å²) in [5.74, 6) is 0. The minimum absolute atomic E-state index is 0.703. The molecule has 0 aliphatic heterocycles. The molecule has 0 atom stereocenters. The lowest BCUT2D eigenvalue weighted by atomic mass is 9.99. The van der Waals surface area contributed by atoms with Gasteiger partial charge in [0.2, 0.25) is 0 Å². The molecule has 1 nitrogen and oxygen atoms in total. The Labute approximate surface area is 230 Å². The molecule has 1 N–H and O–H groups in total. The highest BCUT2D eigenvalue weighted by atomic mass is 14.9. The molecular formula is C35H71N. The third-order valence-corrected chi connectivity index (χ3v) is 7.99. The van der Waals surface area contributed by atoms with Gasteiger partial charge in [-0.05, 0) is 31.9 Å². The van der Waals surface area contributed by atoms with Crippen molar-refractivity contribution in [3.63, 3.8) is 0 Å². The molecule has 0 aromatic heterocycles. The van der Waals surface area contributed by atoms with Gasteiger partial charge in [-0.25, -0.2) is 0 Å². The number of hydrogen-bond donors (Lipinski definition) is 1. The SMILES string of the molecule is CCCCCCCCCCCCC=CNC(CCCCCCCCCC)CCCCCCCCCC. The molecule has 216 valence electrons. The Morgan fingerprint density at radius 3 is 1.06 bits per heavy atom. The molecule has 0 saturated heterocycles. The Morgan fingerprint density at radius 2 is 0.694 bits per heavy atom. The number of rotatable bonds is 31. The van der Waals surface area contributed by atoms with E-state index in [4.69, 9.17) is 0 Å². The van der Waals surface area contributed by atoms with E-state index in [1.165, 1.54) is 186 Å². The summed E-state index contributed by atoms with van der Waals surface area (Å²) in [6.07, 6.45) is 45.9. The van der Waals surface area contributed by atoms with Crippen LogP contribution in [-0.2, 0) is 0 Å². The zero-order valence-electron chi connectivity index (χ0n) is 25.7. The van der Waals surface area contributed by atoms with Crippen LogP contribution in [-0.4, -0.2) is 6.04 Å². The van der Waals surface area contributed by atoms with Gasteiger partial charge in [0.05, 0.1) is 0 Å². The van der Waals surface area contributed by atoms with Crippen molar-refractivity contribution in [2.45, 2.75) is 213 Å². The molecule has 0 bridgehead atoms. The molecule has 0 aliphatic rings. The van der Waals surface area contributed by atoms with E-state index in [1.54, 1.807) is 0 Å². The second-order valence-electron chi connectivity index (χ2n) is 11.8. The van der Waals surface area contributed by atoms with E-state index in [1.807, 2.05) is 0 Å². The summed E-state index contributed by atoms with van der Waals surface area (Å²) in [5, 5.41) is 3.81. The van der Waals surface area contributed by atoms with Gasteiger partial charge >= 0.3 is 0 Å². The van der Waals surface area contributed by atoms with Crippen molar-refractivity contribution in [3.8, 4) is 0 Å². The first-order chi connectivity index (χ1) is 17.8. The average molecular weight is 506 g/mol. The largest absolute Gasteiger partial charge is 0.388 e. The van der Waals surface area contributed by atoms with Gasteiger partial charge in [0.15, 0.2) is 0 Å². The van der Waals surface area contributed by atoms with Crippen molar-refractivity contribution in [2.75, 3.05) is 0 Å². The van der Waals surface area contributed by atoms with Gasteiger partial charge in [0.25, 0.3) is 0 Å². The summed E-state index contributed by atoms with van der Waals surface area (Å²) in [4.78, 5) is 0. The van der Waals surface area contributed by atoms with Crippen LogP contribution in [0.4, 0.5) is 0 Å². The first-order valence-corrected chi connectivity index (χ1v) is 17.3. The van der Waals surface area contributed by atoms with Crippen LogP contribution in [0.2, 0.25) is 0 Å². The Morgan fingerprint density at radius 1 is 0.389 bits per heavy atom. The molecule has 0 fully saturated rings. The predicted molar refractivity (Wildman–Crippen MR) is 167 cm³/mol. The summed E-state index contributed by atoms with van der Waals surface area (Å²) < 4.78 is 0. The van der Waals surface area contributed by atoms with Crippen molar-refractivity contribution in [1.29, 1.82) is 0 Å². The van der Waals surface area contributed by atoms with Crippen LogP contribution in [0.3, 0.4) is 0 Å². The van der Waals surface area contributed by atoms with E-state index < -0.39 is 0 Å². The first kappa shape index (κ1) is 35.5. The number of nitrogens with one attached hydrogen (secondary N) is 1. The third kappa shape index (κ3) is 29.8. The minimum atomic E-state index is 0.703. The number of hydrogen-bond acceptors (Lipinski definition) is 1. The molecule has 0 spiro atoms. The lowest BCUT2D eigenvalue weighted by Gasteiger charge is -2.17. The predicted octanol–water partition coefficient (Wildman–Crippen LogP) is 12.8. The van der Waals surface area contributed by atoms with Gasteiger partial charge in [0, 0.05) is 6.04 Å². The van der Waals surface area contributed by atoms with Crippen LogP contribution >= 0.6 is 0 Å². The maximum absolute atomic E-state index is 3.81. The molecule has 1 heteroatoms. The van der Waals surface area contributed by atoms with Crippen LogP contribution in [0.15, 0.2) is 12.3 Å². The highest BCUT2D eigenvalue weighted by Gasteiger charge is 2.06.